The van der Waals surface area contributed by atoms with E-state index in [2.05, 4.69) is 5.32 Å². The van der Waals surface area contributed by atoms with Crippen LogP contribution in [0.15, 0.2) is 18.2 Å². The predicted octanol–water partition coefficient (Wildman–Crippen LogP) is 3.14. The third kappa shape index (κ3) is 3.58. The van der Waals surface area contributed by atoms with E-state index in [1.54, 1.807) is 21.1 Å². The molecule has 4 atom stereocenters. The fraction of sp³-hybridized carbons (Fsp3) is 0.652. The zero-order valence-electron chi connectivity index (χ0n) is 17.9. The van der Waals surface area contributed by atoms with Crippen LogP contribution in [0.5, 0.6) is 11.5 Å². The molecule has 29 heavy (non-hydrogen) atoms. The molecule has 6 heteroatoms. The van der Waals surface area contributed by atoms with Gasteiger partial charge in [0.25, 0.3) is 0 Å². The van der Waals surface area contributed by atoms with Gasteiger partial charge in [-0.1, -0.05) is 0 Å². The minimum Gasteiger partial charge on any atom is -0.497 e. The number of benzene rings is 1. The predicted molar refractivity (Wildman–Crippen MR) is 110 cm³/mol. The van der Waals surface area contributed by atoms with Gasteiger partial charge in [-0.25, -0.2) is 0 Å². The maximum Gasteiger partial charge on any atom is 0.228 e. The van der Waals surface area contributed by atoms with Gasteiger partial charge in [0.15, 0.2) is 0 Å². The lowest BCUT2D eigenvalue weighted by Crippen LogP contribution is -2.65. The molecule has 4 bridgehead atoms. The van der Waals surface area contributed by atoms with Crippen LogP contribution in [0, 0.1) is 17.3 Å². The van der Waals surface area contributed by atoms with E-state index in [0.717, 1.165) is 49.2 Å². The van der Waals surface area contributed by atoms with Crippen molar-refractivity contribution in [3.8, 4) is 11.5 Å². The maximum atomic E-state index is 13.7. The molecule has 6 nitrogen and oxygen atoms in total. The number of rotatable bonds is 6. The van der Waals surface area contributed by atoms with Crippen LogP contribution >= 0.6 is 0 Å². The van der Waals surface area contributed by atoms with Crippen LogP contribution in [0.1, 0.15) is 51.0 Å². The summed E-state index contributed by atoms with van der Waals surface area (Å²) < 4.78 is 10.8. The van der Waals surface area contributed by atoms with Gasteiger partial charge >= 0.3 is 0 Å². The summed E-state index contributed by atoms with van der Waals surface area (Å²) in [5.74, 6) is 2.76. The summed E-state index contributed by atoms with van der Waals surface area (Å²) >= 11 is 0. The smallest absolute Gasteiger partial charge is 0.228 e. The molecular formula is C23H32N2O4. The Bertz CT molecular complexity index is 807. The highest BCUT2D eigenvalue weighted by molar-refractivity contribution is 5.84. The molecule has 4 aliphatic rings. The molecule has 4 fully saturated rings. The molecule has 2 unspecified atom stereocenters. The Balaban J connectivity index is 1.55. The number of carbonyl (C=O) groups excluding carboxylic acids is 2. The summed E-state index contributed by atoms with van der Waals surface area (Å²) in [6.45, 7) is 2.09. The molecule has 4 saturated carbocycles. The van der Waals surface area contributed by atoms with E-state index < -0.39 is 0 Å². The van der Waals surface area contributed by atoms with Crippen LogP contribution in [-0.4, -0.2) is 43.5 Å². The summed E-state index contributed by atoms with van der Waals surface area (Å²) in [6, 6.07) is 5.71. The molecule has 158 valence electrons. The summed E-state index contributed by atoms with van der Waals surface area (Å²) in [5.41, 5.74) is 0.427. The molecule has 5 rings (SSSR count). The second-order valence-corrected chi connectivity index (χ2v) is 9.54. The molecule has 1 aromatic carbocycles. The van der Waals surface area contributed by atoms with Crippen molar-refractivity contribution in [1.29, 1.82) is 0 Å². The van der Waals surface area contributed by atoms with Crippen LogP contribution in [-0.2, 0) is 16.1 Å². The summed E-state index contributed by atoms with van der Waals surface area (Å²) in [7, 11) is 5.15. The van der Waals surface area contributed by atoms with Crippen molar-refractivity contribution < 1.29 is 19.1 Å². The highest BCUT2D eigenvalue weighted by Crippen LogP contribution is 2.62. The van der Waals surface area contributed by atoms with Gasteiger partial charge in [-0.15, -0.1) is 0 Å². The number of hydrogen-bond acceptors (Lipinski definition) is 4. The summed E-state index contributed by atoms with van der Waals surface area (Å²) in [5, 5.41) is 3.24. The van der Waals surface area contributed by atoms with Gasteiger partial charge in [0.1, 0.15) is 11.5 Å². The first-order valence-corrected chi connectivity index (χ1v) is 10.5. The number of methoxy groups -OCH3 is 2. The number of nitrogens with zero attached hydrogens (tertiary/aromatic N) is 1. The van der Waals surface area contributed by atoms with Crippen LogP contribution in [0.2, 0.25) is 0 Å². The van der Waals surface area contributed by atoms with E-state index in [1.165, 1.54) is 6.42 Å². The minimum absolute atomic E-state index is 0.0193. The Morgan fingerprint density at radius 1 is 1.14 bits per heavy atom. The van der Waals surface area contributed by atoms with Crippen LogP contribution in [0.4, 0.5) is 0 Å². The number of nitrogens with one attached hydrogen (secondary N) is 1. The molecule has 0 saturated heterocycles. The van der Waals surface area contributed by atoms with Gasteiger partial charge < -0.3 is 19.7 Å². The molecule has 0 spiro atoms. The third-order valence-electron chi connectivity index (χ3n) is 7.20. The largest absolute Gasteiger partial charge is 0.497 e. The van der Waals surface area contributed by atoms with E-state index in [9.17, 15) is 9.59 Å². The molecule has 4 aliphatic carbocycles. The zero-order valence-corrected chi connectivity index (χ0v) is 17.9. The summed E-state index contributed by atoms with van der Waals surface area (Å²) in [4.78, 5) is 27.4. The van der Waals surface area contributed by atoms with E-state index in [1.807, 2.05) is 30.1 Å². The Morgan fingerprint density at radius 3 is 2.41 bits per heavy atom. The monoisotopic (exact) mass is 400 g/mol. The minimum atomic E-state index is -0.346. The van der Waals surface area contributed by atoms with E-state index in [-0.39, 0.29) is 22.8 Å². The Labute approximate surface area is 172 Å². The fourth-order valence-corrected chi connectivity index (χ4v) is 6.75. The van der Waals surface area contributed by atoms with Gasteiger partial charge in [-0.2, -0.15) is 0 Å². The quantitative estimate of drug-likeness (QED) is 0.797. The zero-order chi connectivity index (χ0) is 20.8. The first-order chi connectivity index (χ1) is 13.8. The maximum absolute atomic E-state index is 13.7. The molecular weight excluding hydrogens is 368 g/mol. The van der Waals surface area contributed by atoms with Crippen LogP contribution in [0.25, 0.3) is 0 Å². The molecule has 0 aliphatic heterocycles. The van der Waals surface area contributed by atoms with Crippen molar-refractivity contribution in [2.75, 3.05) is 21.3 Å². The van der Waals surface area contributed by atoms with Crippen molar-refractivity contribution in [2.24, 2.45) is 17.3 Å². The van der Waals surface area contributed by atoms with Crippen LogP contribution in [0.3, 0.4) is 0 Å². The second kappa shape index (κ2) is 7.22. The standard InChI is InChI=1S/C23H32N2O4/c1-15(26)24-23-11-16-7-17(12-23)10-22(9-16,14-23)21(27)25(2)13-18-5-6-19(28-3)8-20(18)29-4/h5-6,8,16-17H,7,9-14H2,1-4H3,(H,24,26)/t16-,17+,22?,23?. The number of amides is 2. The van der Waals surface area contributed by atoms with E-state index in [0.29, 0.717) is 18.4 Å². The lowest BCUT2D eigenvalue weighted by Gasteiger charge is -2.61. The average Bonchev–Trinajstić information content (AvgIpc) is 2.65. The molecule has 2 amide bonds. The van der Waals surface area contributed by atoms with Crippen molar-refractivity contribution in [2.45, 2.75) is 57.5 Å². The second-order valence-electron chi connectivity index (χ2n) is 9.54. The fourth-order valence-electron chi connectivity index (χ4n) is 6.75. The molecule has 0 heterocycles. The normalized spacial score (nSPS) is 32.0. The van der Waals surface area contributed by atoms with Crippen molar-refractivity contribution in [3.05, 3.63) is 23.8 Å². The first kappa shape index (κ1) is 20.0. The van der Waals surface area contributed by atoms with E-state index >= 15 is 0 Å². The van der Waals surface area contributed by atoms with E-state index in [4.69, 9.17) is 9.47 Å². The lowest BCUT2D eigenvalue weighted by atomic mass is 9.46. The van der Waals surface area contributed by atoms with Crippen molar-refractivity contribution >= 4 is 11.8 Å². The molecule has 1 aromatic rings. The van der Waals surface area contributed by atoms with Gasteiger partial charge in [-0.3, -0.25) is 9.59 Å². The SMILES string of the molecule is COc1ccc(CN(C)C(=O)C23C[C@@H]4C[C@@H](CC(NC(C)=O)(C4)C2)C3)c(OC)c1. The van der Waals surface area contributed by atoms with Crippen molar-refractivity contribution in [1.82, 2.24) is 10.2 Å². The highest BCUT2D eigenvalue weighted by atomic mass is 16.5. The number of ether oxygens (including phenoxy) is 2. The Morgan fingerprint density at radius 2 is 1.83 bits per heavy atom. The highest BCUT2D eigenvalue weighted by Gasteiger charge is 2.61. The van der Waals surface area contributed by atoms with Gasteiger partial charge in [0, 0.05) is 37.7 Å². The topological polar surface area (TPSA) is 67.9 Å². The van der Waals surface area contributed by atoms with Crippen molar-refractivity contribution in [3.63, 3.8) is 0 Å². The lowest BCUT2D eigenvalue weighted by molar-refractivity contribution is -0.162. The molecule has 0 aromatic heterocycles. The summed E-state index contributed by atoms with van der Waals surface area (Å²) in [6.07, 6.45) is 5.92. The number of hydrogen-bond donors (Lipinski definition) is 1. The van der Waals surface area contributed by atoms with Gasteiger partial charge in [-0.05, 0) is 62.5 Å². The third-order valence-corrected chi connectivity index (χ3v) is 7.20. The number of carbonyl (C=O) groups is 2. The first-order valence-electron chi connectivity index (χ1n) is 10.5. The Hall–Kier alpha value is -2.24. The van der Waals surface area contributed by atoms with Crippen LogP contribution < -0.4 is 14.8 Å². The molecule has 1 N–H and O–H groups in total. The molecule has 0 radical (unpaired) electrons. The Kier molecular flexibility index (Phi) is 4.99. The average molecular weight is 401 g/mol. The van der Waals surface area contributed by atoms with Gasteiger partial charge in [0.05, 0.1) is 19.6 Å². The van der Waals surface area contributed by atoms with Gasteiger partial charge in [0.2, 0.25) is 11.8 Å².